The lowest BCUT2D eigenvalue weighted by molar-refractivity contribution is 0.0169. The zero-order valence-electron chi connectivity index (χ0n) is 22.5. The van der Waals surface area contributed by atoms with Crippen molar-refractivity contribution in [2.24, 2.45) is 17.3 Å². The molecule has 0 N–H and O–H groups in total. The average molecular weight is 535 g/mol. The molecule has 194 valence electrons. The van der Waals surface area contributed by atoms with E-state index in [-0.39, 0.29) is 15.8 Å². The first kappa shape index (κ1) is 26.0. The van der Waals surface area contributed by atoms with E-state index in [9.17, 15) is 0 Å². The number of benzene rings is 4. The van der Waals surface area contributed by atoms with Gasteiger partial charge in [0.25, 0.3) is 0 Å². The molecule has 38 heavy (non-hydrogen) atoms. The van der Waals surface area contributed by atoms with Gasteiger partial charge < -0.3 is 0 Å². The van der Waals surface area contributed by atoms with Crippen molar-refractivity contribution in [2.45, 2.75) is 44.9 Å². The predicted molar refractivity (Wildman–Crippen MR) is 170 cm³/mol. The highest BCUT2D eigenvalue weighted by atomic mass is 31.1. The first-order valence-electron chi connectivity index (χ1n) is 14.6. The van der Waals surface area contributed by atoms with Crippen molar-refractivity contribution >= 4 is 37.1 Å². The van der Waals surface area contributed by atoms with E-state index in [0.29, 0.717) is 5.41 Å². The van der Waals surface area contributed by atoms with Gasteiger partial charge in [-0.3, -0.25) is 0 Å². The van der Waals surface area contributed by atoms with Crippen LogP contribution in [0.2, 0.25) is 0 Å². The molecule has 4 aromatic rings. The summed E-state index contributed by atoms with van der Waals surface area (Å²) in [5.41, 5.74) is 0.456. The van der Waals surface area contributed by atoms with Crippen molar-refractivity contribution in [3.63, 3.8) is 0 Å². The summed E-state index contributed by atoms with van der Waals surface area (Å²) in [7, 11) is -0.744. The molecule has 2 fully saturated rings. The Hall–Kier alpha value is -2.26. The number of rotatable bonds is 8. The third-order valence-corrected chi connectivity index (χ3v) is 14.7. The molecule has 3 unspecified atom stereocenters. The van der Waals surface area contributed by atoms with Gasteiger partial charge in [0.05, 0.1) is 0 Å². The number of hydrogen-bond donors (Lipinski definition) is 0. The minimum Gasteiger partial charge on any atom is -0.0622 e. The van der Waals surface area contributed by atoms with E-state index in [1.54, 1.807) is 21.2 Å². The van der Waals surface area contributed by atoms with Gasteiger partial charge in [-0.15, -0.1) is 0 Å². The van der Waals surface area contributed by atoms with E-state index < -0.39 is 0 Å². The molecule has 2 saturated carbocycles. The van der Waals surface area contributed by atoms with Crippen LogP contribution < -0.4 is 21.2 Å². The summed E-state index contributed by atoms with van der Waals surface area (Å²) in [6.07, 6.45) is 12.7. The van der Waals surface area contributed by atoms with Crippen molar-refractivity contribution < 1.29 is 0 Å². The van der Waals surface area contributed by atoms with Crippen LogP contribution in [0.25, 0.3) is 0 Å². The Morgan fingerprint density at radius 2 is 0.947 bits per heavy atom. The molecule has 2 heteroatoms. The normalized spacial score (nSPS) is 23.3. The lowest BCUT2D eigenvalue weighted by Gasteiger charge is -2.55. The molecule has 0 aromatic heterocycles. The zero-order chi connectivity index (χ0) is 25.6. The van der Waals surface area contributed by atoms with Crippen LogP contribution in [0.15, 0.2) is 121 Å². The van der Waals surface area contributed by atoms with E-state index in [4.69, 9.17) is 0 Å². The van der Waals surface area contributed by atoms with Crippen LogP contribution in [0.1, 0.15) is 44.9 Å². The largest absolute Gasteiger partial charge is 0.0622 e. The maximum Gasteiger partial charge on any atom is -0.0183 e. The SMILES string of the molecule is c1ccc(P(CC2CCCC3CCCCC32CP(c2ccccc2)c2ccccc2)c2ccccc2)cc1. The molecule has 0 aliphatic heterocycles. The average Bonchev–Trinajstić information content (AvgIpc) is 3.00. The summed E-state index contributed by atoms with van der Waals surface area (Å²) in [6, 6.07) is 45.9. The summed E-state index contributed by atoms with van der Waals surface area (Å²) in [5, 5.41) is 6.22. The van der Waals surface area contributed by atoms with Crippen LogP contribution in [0.4, 0.5) is 0 Å². The Balaban J connectivity index is 1.40. The maximum absolute atomic E-state index is 2.41. The molecule has 2 aliphatic rings. The van der Waals surface area contributed by atoms with Gasteiger partial charge in [-0.2, -0.15) is 0 Å². The Kier molecular flexibility index (Phi) is 8.40. The van der Waals surface area contributed by atoms with Gasteiger partial charge in [0.2, 0.25) is 0 Å². The van der Waals surface area contributed by atoms with Crippen LogP contribution in [0.3, 0.4) is 0 Å². The molecule has 0 bridgehead atoms. The smallest absolute Gasteiger partial charge is 0.0183 e. The summed E-state index contributed by atoms with van der Waals surface area (Å²) in [5.74, 6) is 1.68. The monoisotopic (exact) mass is 534 g/mol. The lowest BCUT2D eigenvalue weighted by Crippen LogP contribution is -2.48. The fraction of sp³-hybridized carbons (Fsp3) is 0.333. The second kappa shape index (κ2) is 12.3. The van der Waals surface area contributed by atoms with E-state index in [2.05, 4.69) is 121 Å². The highest BCUT2D eigenvalue weighted by Gasteiger charge is 2.50. The topological polar surface area (TPSA) is 0 Å². The molecule has 0 saturated heterocycles. The van der Waals surface area contributed by atoms with Gasteiger partial charge >= 0.3 is 0 Å². The molecule has 6 rings (SSSR count). The van der Waals surface area contributed by atoms with Crippen molar-refractivity contribution in [1.82, 2.24) is 0 Å². The summed E-state index contributed by atoms with van der Waals surface area (Å²) in [6.45, 7) is 0. The molecule has 4 aromatic carbocycles. The van der Waals surface area contributed by atoms with Crippen molar-refractivity contribution in [3.8, 4) is 0 Å². The highest BCUT2D eigenvalue weighted by Crippen LogP contribution is 2.60. The summed E-state index contributed by atoms with van der Waals surface area (Å²) >= 11 is 0. The Morgan fingerprint density at radius 1 is 0.500 bits per heavy atom. The molecule has 0 nitrogen and oxygen atoms in total. The van der Waals surface area contributed by atoms with Crippen LogP contribution >= 0.6 is 15.8 Å². The standard InChI is InChI=1S/C36H40P2/c1-5-19-32(20-6-1)37(33-21-7-2-8-22-33)28-31-18-15-17-30-16-13-14-27-36(30,31)29-38(34-23-9-3-10-24-34)35-25-11-4-12-26-35/h1-12,19-26,30-31H,13-18,27-29H2. The van der Waals surface area contributed by atoms with Gasteiger partial charge in [0, 0.05) is 0 Å². The van der Waals surface area contributed by atoms with Gasteiger partial charge in [-0.25, -0.2) is 0 Å². The second-order valence-corrected chi connectivity index (χ2v) is 15.8. The van der Waals surface area contributed by atoms with Crippen molar-refractivity contribution in [1.29, 1.82) is 0 Å². The molecule has 0 amide bonds. The fourth-order valence-electron chi connectivity index (χ4n) is 7.45. The minimum atomic E-state index is -0.380. The third kappa shape index (κ3) is 5.55. The first-order chi connectivity index (χ1) is 18.8. The number of hydrogen-bond acceptors (Lipinski definition) is 0. The van der Waals surface area contributed by atoms with Crippen LogP contribution in [0, 0.1) is 17.3 Å². The Bertz CT molecular complexity index is 1180. The minimum absolute atomic E-state index is 0.364. The first-order valence-corrected chi connectivity index (χ1v) is 17.6. The molecule has 3 atom stereocenters. The molecular formula is C36H40P2. The Labute approximate surface area is 232 Å². The summed E-state index contributed by atoms with van der Waals surface area (Å²) in [4.78, 5) is 0. The number of fused-ring (bicyclic) bond motifs is 1. The highest BCUT2D eigenvalue weighted by molar-refractivity contribution is 7.73. The van der Waals surface area contributed by atoms with Gasteiger partial charge in [-0.1, -0.05) is 141 Å². The van der Waals surface area contributed by atoms with Crippen molar-refractivity contribution in [3.05, 3.63) is 121 Å². The molecule has 0 radical (unpaired) electrons. The lowest BCUT2D eigenvalue weighted by atomic mass is 9.56. The molecule has 0 heterocycles. The van der Waals surface area contributed by atoms with Crippen LogP contribution in [0.5, 0.6) is 0 Å². The van der Waals surface area contributed by atoms with E-state index in [1.165, 1.54) is 57.3 Å². The maximum atomic E-state index is 2.41. The van der Waals surface area contributed by atoms with Crippen LogP contribution in [-0.2, 0) is 0 Å². The second-order valence-electron chi connectivity index (χ2n) is 11.3. The van der Waals surface area contributed by atoms with Gasteiger partial charge in [0.15, 0.2) is 0 Å². The molecule has 2 aliphatic carbocycles. The van der Waals surface area contributed by atoms with E-state index in [1.807, 2.05) is 0 Å². The zero-order valence-corrected chi connectivity index (χ0v) is 24.2. The van der Waals surface area contributed by atoms with Gasteiger partial charge in [-0.05, 0) is 92.3 Å². The quantitative estimate of drug-likeness (QED) is 0.200. The van der Waals surface area contributed by atoms with E-state index in [0.717, 1.165) is 11.8 Å². The molecular weight excluding hydrogens is 494 g/mol. The van der Waals surface area contributed by atoms with E-state index >= 15 is 0 Å². The Morgan fingerprint density at radius 3 is 1.45 bits per heavy atom. The molecule has 0 spiro atoms. The van der Waals surface area contributed by atoms with Crippen molar-refractivity contribution in [2.75, 3.05) is 12.3 Å². The predicted octanol–water partition coefficient (Wildman–Crippen LogP) is 8.23. The third-order valence-electron chi connectivity index (χ3n) is 9.30. The van der Waals surface area contributed by atoms with Gasteiger partial charge in [0.1, 0.15) is 0 Å². The fourth-order valence-corrected chi connectivity index (χ4v) is 13.2. The summed E-state index contributed by atoms with van der Waals surface area (Å²) < 4.78 is 0. The van der Waals surface area contributed by atoms with Crippen LogP contribution in [-0.4, -0.2) is 12.3 Å².